The maximum Gasteiger partial charge on any atom is 0.336 e. The molecule has 0 aromatic heterocycles. The zero-order valence-corrected chi connectivity index (χ0v) is 11.5. The van der Waals surface area contributed by atoms with Gasteiger partial charge in [0.1, 0.15) is 0 Å². The van der Waals surface area contributed by atoms with Crippen LogP contribution in [0.5, 0.6) is 0 Å². The third-order valence-electron chi connectivity index (χ3n) is 2.05. The smallest absolute Gasteiger partial charge is 0.336 e. The molecule has 0 aromatic carbocycles. The molecule has 11 heteroatoms. The van der Waals surface area contributed by atoms with Crippen LogP contribution in [0.25, 0.3) is 0 Å². The van der Waals surface area contributed by atoms with Crippen molar-refractivity contribution in [2.45, 2.75) is 31.3 Å². The number of hydrogen-bond acceptors (Lipinski definition) is 7. The molecule has 0 spiro atoms. The van der Waals surface area contributed by atoms with Gasteiger partial charge in [-0.05, 0) is 0 Å². The van der Waals surface area contributed by atoms with Gasteiger partial charge in [0.15, 0.2) is 5.60 Å². The summed E-state index contributed by atoms with van der Waals surface area (Å²) in [6.45, 7) is 0. The zero-order valence-electron chi connectivity index (χ0n) is 10.4. The maximum atomic E-state index is 11.2. The molecule has 1 atom stereocenters. The minimum atomic E-state index is -2.91. The van der Waals surface area contributed by atoms with Gasteiger partial charge in [0.05, 0.1) is 25.7 Å². The van der Waals surface area contributed by atoms with Gasteiger partial charge in [-0.25, -0.2) is 4.79 Å². The van der Waals surface area contributed by atoms with Crippen LogP contribution in [0.3, 0.4) is 0 Å². The molecule has 0 saturated heterocycles. The van der Waals surface area contributed by atoms with Crippen LogP contribution in [-0.2, 0) is 45.8 Å². The number of aliphatic hydroxyl groups is 1. The number of carboxylic acid groups (broad SMARTS) is 3. The predicted octanol–water partition coefficient (Wildman–Crippen LogP) is -1.40. The van der Waals surface area contributed by atoms with Gasteiger partial charge in [-0.1, -0.05) is 0 Å². The van der Waals surface area contributed by atoms with Crippen molar-refractivity contribution >= 4 is 29.8 Å². The Morgan fingerprint density at radius 3 is 1.71 bits per heavy atom. The molecule has 0 bridgehead atoms. The van der Waals surface area contributed by atoms with Crippen LogP contribution >= 0.6 is 0 Å². The second kappa shape index (κ2) is 9.06. The summed E-state index contributed by atoms with van der Waals surface area (Å²) >= 11 is 0. The number of rotatable bonds is 8. The van der Waals surface area contributed by atoms with E-state index in [-0.39, 0.29) is 17.1 Å². The Hall–Kier alpha value is -1.97. The topological polar surface area (TPSA) is 175 Å². The van der Waals surface area contributed by atoms with Crippen molar-refractivity contribution in [1.29, 1.82) is 0 Å². The summed E-state index contributed by atoms with van der Waals surface area (Å²) in [6, 6.07) is 0. The van der Waals surface area contributed by atoms with E-state index >= 15 is 0 Å². The van der Waals surface area contributed by atoms with Gasteiger partial charge in [0.2, 0.25) is 0 Å². The molecule has 0 fully saturated rings. The van der Waals surface area contributed by atoms with Crippen molar-refractivity contribution in [2.75, 3.05) is 0 Å². The number of hydrogen-bond donors (Lipinski definition) is 4. The van der Waals surface area contributed by atoms with E-state index in [0.717, 1.165) is 0 Å². The molecular weight excluding hydrogens is 336 g/mol. The summed E-state index contributed by atoms with van der Waals surface area (Å²) in [7, 11) is 0. The molecule has 0 heterocycles. The van der Waals surface area contributed by atoms with Crippen LogP contribution in [0.2, 0.25) is 0 Å². The van der Waals surface area contributed by atoms with Crippen molar-refractivity contribution in [3.05, 3.63) is 0 Å². The SMILES string of the molecule is O=C(O)CCC(=O)OC(=O)CC(O)(CC(=O)O)C(=O)O.[Fe]. The quantitative estimate of drug-likeness (QED) is 0.232. The Balaban J connectivity index is 0. The summed E-state index contributed by atoms with van der Waals surface area (Å²) < 4.78 is 4.07. The Morgan fingerprint density at radius 2 is 1.33 bits per heavy atom. The standard InChI is InChI=1S/C10H12O10.Fe/c11-5(12)1-2-7(15)20-8(16)4-10(19,9(17)18)3-6(13)14;/h19H,1-4H2,(H,11,12)(H,13,14)(H,17,18);. The average Bonchev–Trinajstić information content (AvgIpc) is 2.24. The molecule has 0 rings (SSSR count). The maximum absolute atomic E-state index is 11.2. The number of esters is 2. The van der Waals surface area contributed by atoms with Crippen LogP contribution in [0.4, 0.5) is 0 Å². The summed E-state index contributed by atoms with van der Waals surface area (Å²) in [5, 5.41) is 34.8. The zero-order chi connectivity index (χ0) is 15.9. The number of aliphatic carboxylic acids is 3. The van der Waals surface area contributed by atoms with Crippen molar-refractivity contribution in [2.24, 2.45) is 0 Å². The summed E-state index contributed by atoms with van der Waals surface area (Å²) in [4.78, 5) is 53.4. The normalized spacial score (nSPS) is 12.4. The Kier molecular flexibility index (Phi) is 9.20. The fourth-order valence-corrected chi connectivity index (χ4v) is 1.13. The van der Waals surface area contributed by atoms with Crippen molar-refractivity contribution in [3.63, 3.8) is 0 Å². The van der Waals surface area contributed by atoms with E-state index < -0.39 is 61.1 Å². The molecular formula is C10H12FeO10. The molecule has 10 nitrogen and oxygen atoms in total. The van der Waals surface area contributed by atoms with E-state index in [1.807, 2.05) is 0 Å². The summed E-state index contributed by atoms with van der Waals surface area (Å²) in [6.07, 6.45) is -3.73. The first-order valence-corrected chi connectivity index (χ1v) is 5.19. The summed E-state index contributed by atoms with van der Waals surface area (Å²) in [5.74, 6) is -7.62. The molecule has 0 saturated carbocycles. The minimum Gasteiger partial charge on any atom is -0.481 e. The number of carbonyl (C=O) groups excluding carboxylic acids is 2. The van der Waals surface area contributed by atoms with Crippen molar-refractivity contribution in [1.82, 2.24) is 0 Å². The van der Waals surface area contributed by atoms with E-state index in [0.29, 0.717) is 0 Å². The summed E-state index contributed by atoms with van der Waals surface area (Å²) in [5.41, 5.74) is -2.91. The van der Waals surface area contributed by atoms with Crippen LogP contribution in [0.15, 0.2) is 0 Å². The molecule has 0 aliphatic carbocycles. The monoisotopic (exact) mass is 348 g/mol. The molecule has 0 radical (unpaired) electrons. The third kappa shape index (κ3) is 8.73. The molecule has 0 aliphatic rings. The molecule has 4 N–H and O–H groups in total. The minimum absolute atomic E-state index is 0. The first-order valence-electron chi connectivity index (χ1n) is 5.19. The Bertz CT molecular complexity index is 445. The van der Waals surface area contributed by atoms with Gasteiger partial charge in [-0.2, -0.15) is 0 Å². The average molecular weight is 348 g/mol. The van der Waals surface area contributed by atoms with Gasteiger partial charge < -0.3 is 25.2 Å². The largest absolute Gasteiger partial charge is 0.481 e. The molecule has 120 valence electrons. The van der Waals surface area contributed by atoms with Gasteiger partial charge >= 0.3 is 29.8 Å². The van der Waals surface area contributed by atoms with Crippen molar-refractivity contribution < 1.29 is 66.2 Å². The molecule has 0 amide bonds. The number of ether oxygens (including phenoxy) is 1. The number of carboxylic acids is 3. The van der Waals surface area contributed by atoms with Crippen LogP contribution in [-0.4, -0.2) is 55.9 Å². The van der Waals surface area contributed by atoms with Crippen LogP contribution < -0.4 is 0 Å². The Labute approximate surface area is 128 Å². The Morgan fingerprint density at radius 1 is 0.810 bits per heavy atom. The first-order chi connectivity index (χ1) is 9.06. The second-order valence-corrected chi connectivity index (χ2v) is 3.82. The molecule has 0 aromatic rings. The van der Waals surface area contributed by atoms with Gasteiger partial charge in [0.25, 0.3) is 0 Å². The van der Waals surface area contributed by atoms with Crippen LogP contribution in [0, 0.1) is 0 Å². The molecule has 1 unspecified atom stereocenters. The molecule has 21 heavy (non-hydrogen) atoms. The van der Waals surface area contributed by atoms with E-state index in [9.17, 15) is 29.1 Å². The van der Waals surface area contributed by atoms with E-state index in [2.05, 4.69) is 4.74 Å². The van der Waals surface area contributed by atoms with Crippen molar-refractivity contribution in [3.8, 4) is 0 Å². The van der Waals surface area contributed by atoms with Crippen LogP contribution in [0.1, 0.15) is 25.7 Å². The fourth-order valence-electron chi connectivity index (χ4n) is 1.13. The number of carbonyl (C=O) groups is 5. The van der Waals surface area contributed by atoms with E-state index in [4.69, 9.17) is 15.3 Å². The van der Waals surface area contributed by atoms with Gasteiger partial charge in [-0.3, -0.25) is 19.2 Å². The second-order valence-electron chi connectivity index (χ2n) is 3.82. The van der Waals surface area contributed by atoms with Gasteiger partial charge in [-0.15, -0.1) is 0 Å². The third-order valence-corrected chi connectivity index (χ3v) is 2.05. The first kappa shape index (κ1) is 21.3. The fraction of sp³-hybridized carbons (Fsp3) is 0.500. The van der Waals surface area contributed by atoms with Gasteiger partial charge in [0, 0.05) is 17.1 Å². The van der Waals surface area contributed by atoms with E-state index in [1.165, 1.54) is 0 Å². The molecule has 0 aliphatic heterocycles. The predicted molar refractivity (Wildman–Crippen MR) is 57.4 cm³/mol. The van der Waals surface area contributed by atoms with E-state index in [1.54, 1.807) is 0 Å².